The number of hydrogen-bond acceptors (Lipinski definition) is 1. The van der Waals surface area contributed by atoms with Crippen molar-refractivity contribution < 1.29 is 0 Å². The lowest BCUT2D eigenvalue weighted by Gasteiger charge is -2.39. The third kappa shape index (κ3) is 3.14. The number of hydrogen-bond donors (Lipinski definition) is 1. The maximum Gasteiger partial charge on any atom is 0.0208 e. The molecule has 0 radical (unpaired) electrons. The molecule has 0 saturated heterocycles. The molecule has 0 aromatic heterocycles. The zero-order chi connectivity index (χ0) is 13.4. The average Bonchev–Trinajstić information content (AvgIpc) is 2.47. The minimum absolute atomic E-state index is 0.394. The predicted octanol–water partition coefficient (Wildman–Crippen LogP) is 4.65. The van der Waals surface area contributed by atoms with Crippen molar-refractivity contribution >= 4 is 0 Å². The van der Waals surface area contributed by atoms with Gasteiger partial charge in [0.05, 0.1) is 0 Å². The van der Waals surface area contributed by atoms with Gasteiger partial charge >= 0.3 is 0 Å². The normalized spacial score (nSPS) is 21.8. The topological polar surface area (TPSA) is 12.0 Å². The van der Waals surface area contributed by atoms with Crippen molar-refractivity contribution in [3.05, 3.63) is 35.4 Å². The highest BCUT2D eigenvalue weighted by Gasteiger charge is 2.33. The summed E-state index contributed by atoms with van der Waals surface area (Å²) in [4.78, 5) is 0. The van der Waals surface area contributed by atoms with Crippen LogP contribution in [0.15, 0.2) is 24.3 Å². The van der Waals surface area contributed by atoms with Crippen molar-refractivity contribution in [1.29, 1.82) is 0 Å². The van der Waals surface area contributed by atoms with E-state index in [4.69, 9.17) is 0 Å². The minimum Gasteiger partial charge on any atom is -0.312 e. The van der Waals surface area contributed by atoms with Crippen LogP contribution in [0.5, 0.6) is 0 Å². The lowest BCUT2D eigenvalue weighted by molar-refractivity contribution is 0.323. The largest absolute Gasteiger partial charge is 0.312 e. The van der Waals surface area contributed by atoms with Crippen LogP contribution in [0.2, 0.25) is 0 Å². The molecule has 1 atom stereocenters. The molecule has 0 aliphatic carbocycles. The van der Waals surface area contributed by atoms with E-state index >= 15 is 0 Å². The first kappa shape index (κ1) is 15.2. The fourth-order valence-electron chi connectivity index (χ4n) is 2.95. The van der Waals surface area contributed by atoms with Crippen LogP contribution in [0, 0.1) is 0 Å². The van der Waals surface area contributed by atoms with Crippen molar-refractivity contribution in [2.24, 2.45) is 0 Å². The predicted molar refractivity (Wildman–Crippen MR) is 81.0 cm³/mol. The molecule has 0 saturated carbocycles. The molecule has 1 unspecified atom stereocenters. The summed E-state index contributed by atoms with van der Waals surface area (Å²) < 4.78 is 0. The van der Waals surface area contributed by atoms with Gasteiger partial charge < -0.3 is 5.32 Å². The number of rotatable bonds is 4. The Morgan fingerprint density at radius 1 is 1.17 bits per heavy atom. The SMILES string of the molecule is CC.CCCCC1(CC)CNCc2ccccc21. The number of fused-ring (bicyclic) bond motifs is 1. The highest BCUT2D eigenvalue weighted by atomic mass is 14.9. The van der Waals surface area contributed by atoms with Gasteiger partial charge in [0.1, 0.15) is 0 Å². The van der Waals surface area contributed by atoms with Gasteiger partial charge in [0, 0.05) is 18.5 Å². The Morgan fingerprint density at radius 2 is 1.89 bits per heavy atom. The molecule has 1 N–H and O–H groups in total. The lowest BCUT2D eigenvalue weighted by Crippen LogP contribution is -2.42. The maximum atomic E-state index is 3.59. The van der Waals surface area contributed by atoms with Crippen LogP contribution in [0.3, 0.4) is 0 Å². The van der Waals surface area contributed by atoms with Crippen LogP contribution in [-0.2, 0) is 12.0 Å². The summed E-state index contributed by atoms with van der Waals surface area (Å²) in [6, 6.07) is 8.97. The van der Waals surface area contributed by atoms with Crippen molar-refractivity contribution in [3.63, 3.8) is 0 Å². The Balaban J connectivity index is 0.000000771. The van der Waals surface area contributed by atoms with E-state index in [9.17, 15) is 0 Å². The number of nitrogens with one attached hydrogen (secondary N) is 1. The smallest absolute Gasteiger partial charge is 0.0208 e. The fraction of sp³-hybridized carbons (Fsp3) is 0.647. The summed E-state index contributed by atoms with van der Waals surface area (Å²) in [5, 5.41) is 3.59. The van der Waals surface area contributed by atoms with Crippen LogP contribution in [0.25, 0.3) is 0 Å². The molecular weight excluding hydrogens is 218 g/mol. The average molecular weight is 247 g/mol. The van der Waals surface area contributed by atoms with Crippen molar-refractivity contribution in [3.8, 4) is 0 Å². The Labute approximate surface area is 113 Å². The molecule has 1 heteroatoms. The van der Waals surface area contributed by atoms with E-state index in [2.05, 4.69) is 43.4 Å². The molecule has 1 aliphatic heterocycles. The van der Waals surface area contributed by atoms with Gasteiger partial charge in [0.2, 0.25) is 0 Å². The van der Waals surface area contributed by atoms with Crippen LogP contribution >= 0.6 is 0 Å². The van der Waals surface area contributed by atoms with Gasteiger partial charge in [-0.1, -0.05) is 64.8 Å². The first-order valence-corrected chi connectivity index (χ1v) is 7.61. The highest BCUT2D eigenvalue weighted by Crippen LogP contribution is 2.37. The quantitative estimate of drug-likeness (QED) is 0.816. The molecule has 1 aromatic rings. The second kappa shape index (κ2) is 7.58. The molecule has 1 aliphatic rings. The summed E-state index contributed by atoms with van der Waals surface area (Å²) >= 11 is 0. The third-order valence-electron chi connectivity index (χ3n) is 4.05. The van der Waals surface area contributed by atoms with E-state index in [1.54, 1.807) is 5.56 Å². The van der Waals surface area contributed by atoms with Gasteiger partial charge in [-0.2, -0.15) is 0 Å². The van der Waals surface area contributed by atoms with E-state index in [0.717, 1.165) is 13.1 Å². The second-order valence-electron chi connectivity index (χ2n) is 5.00. The van der Waals surface area contributed by atoms with Gasteiger partial charge in [-0.15, -0.1) is 0 Å². The first-order valence-electron chi connectivity index (χ1n) is 7.61. The van der Waals surface area contributed by atoms with E-state index in [-0.39, 0.29) is 0 Å². The van der Waals surface area contributed by atoms with Gasteiger partial charge in [-0.25, -0.2) is 0 Å². The van der Waals surface area contributed by atoms with Crippen molar-refractivity contribution in [1.82, 2.24) is 5.32 Å². The van der Waals surface area contributed by atoms with E-state index in [1.165, 1.54) is 31.2 Å². The Bertz CT molecular complexity index is 345. The number of unbranched alkanes of at least 4 members (excludes halogenated alkanes) is 1. The Morgan fingerprint density at radius 3 is 2.56 bits per heavy atom. The Kier molecular flexibility index (Phi) is 6.42. The monoisotopic (exact) mass is 247 g/mol. The molecule has 0 fully saturated rings. The van der Waals surface area contributed by atoms with Crippen LogP contribution in [0.4, 0.5) is 0 Å². The standard InChI is InChI=1S/C15H23N.C2H6/c1-3-5-10-15(4-2)12-16-11-13-8-6-7-9-14(13)15;1-2/h6-9,16H,3-5,10-12H2,1-2H3;1-2H3. The molecule has 0 bridgehead atoms. The molecule has 1 nitrogen and oxygen atoms in total. The van der Waals surface area contributed by atoms with Crippen LogP contribution < -0.4 is 5.32 Å². The van der Waals surface area contributed by atoms with E-state index in [0.29, 0.717) is 5.41 Å². The third-order valence-corrected chi connectivity index (χ3v) is 4.05. The lowest BCUT2D eigenvalue weighted by atomic mass is 9.71. The summed E-state index contributed by atoms with van der Waals surface area (Å²) in [5.41, 5.74) is 3.50. The van der Waals surface area contributed by atoms with E-state index in [1.807, 2.05) is 13.8 Å². The van der Waals surface area contributed by atoms with Gasteiger partial charge in [-0.3, -0.25) is 0 Å². The molecule has 0 spiro atoms. The maximum absolute atomic E-state index is 3.59. The summed E-state index contributed by atoms with van der Waals surface area (Å²) in [6.45, 7) is 10.8. The zero-order valence-electron chi connectivity index (χ0n) is 12.6. The molecular formula is C17H29N. The molecule has 2 rings (SSSR count). The summed E-state index contributed by atoms with van der Waals surface area (Å²) in [6.07, 6.45) is 5.20. The van der Waals surface area contributed by atoms with Gasteiger partial charge in [0.15, 0.2) is 0 Å². The molecule has 0 amide bonds. The van der Waals surface area contributed by atoms with Crippen LogP contribution in [-0.4, -0.2) is 6.54 Å². The van der Waals surface area contributed by atoms with Gasteiger partial charge in [0.25, 0.3) is 0 Å². The molecule has 102 valence electrons. The van der Waals surface area contributed by atoms with Crippen LogP contribution in [0.1, 0.15) is 64.5 Å². The Hall–Kier alpha value is -0.820. The first-order chi connectivity index (χ1) is 8.82. The zero-order valence-corrected chi connectivity index (χ0v) is 12.6. The summed E-state index contributed by atoms with van der Waals surface area (Å²) in [7, 11) is 0. The fourth-order valence-corrected chi connectivity index (χ4v) is 2.95. The molecule has 18 heavy (non-hydrogen) atoms. The second-order valence-corrected chi connectivity index (χ2v) is 5.00. The van der Waals surface area contributed by atoms with Crippen molar-refractivity contribution in [2.75, 3.05) is 6.54 Å². The molecule has 1 heterocycles. The highest BCUT2D eigenvalue weighted by molar-refractivity contribution is 5.36. The summed E-state index contributed by atoms with van der Waals surface area (Å²) in [5.74, 6) is 0. The number of benzene rings is 1. The molecule has 1 aromatic carbocycles. The van der Waals surface area contributed by atoms with Gasteiger partial charge in [-0.05, 0) is 24.0 Å². The van der Waals surface area contributed by atoms with E-state index < -0.39 is 0 Å². The minimum atomic E-state index is 0.394. The van der Waals surface area contributed by atoms with Crippen molar-refractivity contribution in [2.45, 2.75) is 65.3 Å².